The molecule has 11 heteroatoms. The highest BCUT2D eigenvalue weighted by Crippen LogP contribution is 2.34. The van der Waals surface area contributed by atoms with Gasteiger partial charge in [-0.15, -0.1) is 22.7 Å². The Morgan fingerprint density at radius 3 is 1.69 bits per heavy atom. The fourth-order valence-corrected chi connectivity index (χ4v) is 6.49. The van der Waals surface area contributed by atoms with Gasteiger partial charge in [-0.25, -0.2) is 14.8 Å². The number of anilines is 2. The van der Waals surface area contributed by atoms with E-state index in [1.54, 1.807) is 24.5 Å². The highest BCUT2D eigenvalue weighted by molar-refractivity contribution is 7.13. The lowest BCUT2D eigenvalue weighted by atomic mass is 9.99. The fourth-order valence-electron chi connectivity index (χ4n) is 5.59. The van der Waals surface area contributed by atoms with E-state index >= 15 is 0 Å². The molecule has 2 aliphatic heterocycles. The molecule has 0 bridgehead atoms. The first-order valence-electron chi connectivity index (χ1n) is 15.4. The molecule has 2 aliphatic rings. The maximum atomic E-state index is 12.6. The third-order valence-corrected chi connectivity index (χ3v) is 9.23. The number of carbonyl (C=O) groups excluding carboxylic acids is 1. The number of thiazole rings is 2. The lowest BCUT2D eigenvalue weighted by molar-refractivity contribution is 0.0697. The maximum absolute atomic E-state index is 12.6. The van der Waals surface area contributed by atoms with E-state index in [9.17, 15) is 14.7 Å². The van der Waals surface area contributed by atoms with Crippen molar-refractivity contribution >= 4 is 67.6 Å². The zero-order valence-electron chi connectivity index (χ0n) is 26.8. The second kappa shape index (κ2) is 15.0. The van der Waals surface area contributed by atoms with Crippen LogP contribution in [0.2, 0.25) is 0 Å². The first kappa shape index (κ1) is 33.1. The van der Waals surface area contributed by atoms with Crippen LogP contribution in [-0.2, 0) is 12.8 Å². The van der Waals surface area contributed by atoms with Crippen molar-refractivity contribution in [1.82, 2.24) is 9.97 Å². The third kappa shape index (κ3) is 7.69. The number of benzene rings is 4. The lowest BCUT2D eigenvalue weighted by Gasteiger charge is -2.05. The lowest BCUT2D eigenvalue weighted by Crippen LogP contribution is -2.11. The van der Waals surface area contributed by atoms with Crippen molar-refractivity contribution in [2.24, 2.45) is 9.98 Å². The van der Waals surface area contributed by atoms with Gasteiger partial charge in [-0.1, -0.05) is 72.8 Å². The Balaban J connectivity index is 0.000000148. The van der Waals surface area contributed by atoms with Gasteiger partial charge in [0.25, 0.3) is 5.91 Å². The number of aliphatic imine (C=N–C) groups is 2. The van der Waals surface area contributed by atoms with Crippen LogP contribution in [0.15, 0.2) is 118 Å². The Morgan fingerprint density at radius 1 is 0.694 bits per heavy atom. The zero-order chi connectivity index (χ0) is 34.3. The quantitative estimate of drug-likeness (QED) is 0.166. The molecule has 0 spiro atoms. The second-order valence-electron chi connectivity index (χ2n) is 11.2. The van der Waals surface area contributed by atoms with Crippen molar-refractivity contribution in [2.45, 2.75) is 26.7 Å². The normalized spacial score (nSPS) is 12.3. The van der Waals surface area contributed by atoms with Gasteiger partial charge in [-0.05, 0) is 59.4 Å². The van der Waals surface area contributed by atoms with Crippen molar-refractivity contribution in [3.8, 4) is 0 Å². The summed E-state index contributed by atoms with van der Waals surface area (Å²) in [6, 6.07) is 27.3. The van der Waals surface area contributed by atoms with Gasteiger partial charge in [-0.2, -0.15) is 0 Å². The minimum Gasteiger partial charge on any atom is -0.478 e. The molecule has 49 heavy (non-hydrogen) atoms. The molecule has 0 saturated carbocycles. The van der Waals surface area contributed by atoms with E-state index in [-0.39, 0.29) is 11.5 Å². The Kier molecular flexibility index (Phi) is 10.1. The summed E-state index contributed by atoms with van der Waals surface area (Å²) in [7, 11) is 0. The van der Waals surface area contributed by atoms with E-state index in [0.29, 0.717) is 27.9 Å². The first-order chi connectivity index (χ1) is 23.8. The minimum atomic E-state index is -0.924. The molecule has 1 amide bonds. The van der Waals surface area contributed by atoms with E-state index in [4.69, 9.17) is 10.7 Å². The number of aromatic nitrogens is 2. The number of fused-ring (bicyclic) bond motifs is 2. The molecule has 4 aromatic carbocycles. The SMILES string of the molecule is Cc1ccccc1C1=Nc2c(cccc2C(=O)Nc2nccs2)C1.Cc1ccccc1C1=Nc2c(cccc2C(=O)O)C1.Nc1nccs1. The molecule has 4 N–H and O–H groups in total. The van der Waals surface area contributed by atoms with Crippen LogP contribution in [0, 0.1) is 13.8 Å². The molecule has 4 heterocycles. The van der Waals surface area contributed by atoms with Gasteiger partial charge in [0, 0.05) is 36.0 Å². The van der Waals surface area contributed by atoms with Crippen LogP contribution in [-0.4, -0.2) is 38.4 Å². The molecule has 244 valence electrons. The Morgan fingerprint density at radius 2 is 1.22 bits per heavy atom. The number of rotatable bonds is 5. The van der Waals surface area contributed by atoms with E-state index < -0.39 is 5.97 Å². The van der Waals surface area contributed by atoms with Crippen LogP contribution in [0.1, 0.15) is 54.1 Å². The summed E-state index contributed by atoms with van der Waals surface area (Å²) in [6.45, 7) is 4.12. The maximum Gasteiger partial charge on any atom is 0.337 e. The Labute approximate surface area is 291 Å². The monoisotopic (exact) mass is 684 g/mol. The number of hydrogen-bond acceptors (Lipinski definition) is 9. The molecule has 0 aliphatic carbocycles. The van der Waals surface area contributed by atoms with Crippen molar-refractivity contribution in [1.29, 1.82) is 0 Å². The van der Waals surface area contributed by atoms with Crippen LogP contribution in [0.25, 0.3) is 0 Å². The number of aryl methyl sites for hydroxylation is 2. The third-order valence-electron chi connectivity index (χ3n) is 7.94. The summed E-state index contributed by atoms with van der Waals surface area (Å²) in [5.41, 5.74) is 16.0. The summed E-state index contributed by atoms with van der Waals surface area (Å²) >= 11 is 2.84. The number of nitrogen functional groups attached to an aromatic ring is 1. The molecule has 0 radical (unpaired) electrons. The number of para-hydroxylation sites is 2. The van der Waals surface area contributed by atoms with Gasteiger partial charge in [0.05, 0.1) is 33.9 Å². The summed E-state index contributed by atoms with van der Waals surface area (Å²) in [5.74, 6) is -1.09. The van der Waals surface area contributed by atoms with Gasteiger partial charge in [-0.3, -0.25) is 20.1 Å². The predicted octanol–water partition coefficient (Wildman–Crippen LogP) is 8.48. The largest absolute Gasteiger partial charge is 0.478 e. The standard InChI is InChI=1S/C19H15N3OS.C16H13NO2.C3H4N2S/c1-12-5-2-3-7-14(12)16-11-13-6-4-8-15(17(13)21-16)18(23)22-19-20-9-10-24-19;1-10-5-2-3-7-12(10)14-9-11-6-4-8-13(16(18)19)15(11)17-14;4-3-5-1-2-6-3/h2-10H,11H2,1H3,(H,20,22,23);2-8H,9H2,1H3,(H,18,19);1-2H,(H2,4,5). The summed E-state index contributed by atoms with van der Waals surface area (Å²) in [4.78, 5) is 40.9. The molecule has 0 atom stereocenters. The van der Waals surface area contributed by atoms with Gasteiger partial charge in [0.1, 0.15) is 0 Å². The Hall–Kier alpha value is -5.78. The van der Waals surface area contributed by atoms with E-state index in [1.165, 1.54) is 28.2 Å². The average Bonchev–Trinajstić information content (AvgIpc) is 3.93. The number of carboxylic acids is 1. The first-order valence-corrected chi connectivity index (χ1v) is 17.1. The number of carbonyl (C=O) groups is 2. The molecule has 0 saturated heterocycles. The van der Waals surface area contributed by atoms with Gasteiger partial charge >= 0.3 is 5.97 Å². The summed E-state index contributed by atoms with van der Waals surface area (Å²) in [5, 5.41) is 16.9. The van der Waals surface area contributed by atoms with E-state index in [0.717, 1.165) is 51.3 Å². The molecule has 6 aromatic rings. The number of nitrogens with one attached hydrogen (secondary N) is 1. The molecule has 9 nitrogen and oxygen atoms in total. The van der Waals surface area contributed by atoms with Gasteiger partial charge in [0.2, 0.25) is 0 Å². The molecule has 2 aromatic heterocycles. The van der Waals surface area contributed by atoms with E-state index in [1.807, 2.05) is 78.3 Å². The Bertz CT molecular complexity index is 2190. The van der Waals surface area contributed by atoms with Crippen molar-refractivity contribution in [3.05, 3.63) is 153 Å². The molecular formula is C38H32N6O3S2. The van der Waals surface area contributed by atoms with E-state index in [2.05, 4.69) is 39.3 Å². The van der Waals surface area contributed by atoms with Gasteiger partial charge < -0.3 is 10.8 Å². The fraction of sp³-hybridized carbons (Fsp3) is 0.105. The number of nitrogens with zero attached hydrogens (tertiary/aromatic N) is 4. The van der Waals surface area contributed by atoms with Crippen LogP contribution >= 0.6 is 22.7 Å². The zero-order valence-corrected chi connectivity index (χ0v) is 28.4. The number of amides is 1. The van der Waals surface area contributed by atoms with Crippen molar-refractivity contribution in [3.63, 3.8) is 0 Å². The summed E-state index contributed by atoms with van der Waals surface area (Å²) < 4.78 is 0. The topological polar surface area (TPSA) is 143 Å². The van der Waals surface area contributed by atoms with Crippen LogP contribution in [0.4, 0.5) is 21.6 Å². The second-order valence-corrected chi connectivity index (χ2v) is 13.0. The predicted molar refractivity (Wildman–Crippen MR) is 199 cm³/mol. The molecule has 8 rings (SSSR count). The average molecular weight is 685 g/mol. The van der Waals surface area contributed by atoms with Crippen molar-refractivity contribution in [2.75, 3.05) is 11.1 Å². The van der Waals surface area contributed by atoms with Crippen LogP contribution in [0.3, 0.4) is 0 Å². The highest BCUT2D eigenvalue weighted by Gasteiger charge is 2.24. The number of nitrogens with two attached hydrogens (primary N) is 1. The summed E-state index contributed by atoms with van der Waals surface area (Å²) in [6.07, 6.45) is 4.80. The highest BCUT2D eigenvalue weighted by atomic mass is 32.1. The number of carboxylic acid groups (broad SMARTS) is 1. The molecule has 0 unspecified atom stereocenters. The van der Waals surface area contributed by atoms with Crippen LogP contribution < -0.4 is 11.1 Å². The van der Waals surface area contributed by atoms with Gasteiger partial charge in [0.15, 0.2) is 10.3 Å². The number of hydrogen-bond donors (Lipinski definition) is 3. The van der Waals surface area contributed by atoms with Crippen molar-refractivity contribution < 1.29 is 14.7 Å². The molecule has 0 fully saturated rings. The number of aromatic carboxylic acids is 1. The minimum absolute atomic E-state index is 0.170. The molecular weight excluding hydrogens is 653 g/mol. The van der Waals surface area contributed by atoms with Crippen LogP contribution in [0.5, 0.6) is 0 Å². The smallest absolute Gasteiger partial charge is 0.337 e.